The minimum atomic E-state index is -0.0246. The standard InChI is InChI=1S/C35H34N5O.C32H28N5O.C27H26N5O.C22H16N5O.4Pt/c1-23-17-24(2)33(25(3)18-23)34-30-12-11-29(41-28-10-8-9-27(20-28)39-16-15-38(7)22-39)21-31(30)40(37-34)32-19-26(13-14-36-32)35(4,5)6;1-32(2,3)24-15-16-33-30(19-24)37-29-21-27(13-14-28(29)31(34-37)23-9-6-5-7-10-23)38-26-12-8-11-25(20-26)36-18-17-35(4)22-36;1-19-24-10-9-23(33-22-8-6-7-21(16-22)31-14-13-30(5)18-31)17-25(24)32(29-19)26-15-20(11-12-28-26)27(2,3)4;1-25-11-12-26(16-25)18-5-4-6-19(13-18)28-20-9-8-17-15-24-27(21(17)14-20)22-7-2-3-10-23-22;;;;/h8-19,22H,1-7H3;5-19,22H,1-4H3;6-15,18H,1-5H3;2-12,15-16H,1H3;;;;/q4*-3;;;;. The first-order valence-corrected chi connectivity index (χ1v) is 46.1. The average Bonchev–Trinajstić information content (AvgIpc) is 1.61. The van der Waals surface area contributed by atoms with E-state index in [1.54, 1.807) is 17.1 Å². The Morgan fingerprint density at radius 2 is 0.632 bits per heavy atom. The molecule has 8 aromatic heterocycles. The van der Waals surface area contributed by atoms with Gasteiger partial charge < -0.3 is 58.1 Å². The van der Waals surface area contributed by atoms with Crippen LogP contribution in [0.3, 0.4) is 0 Å². The fourth-order valence-electron chi connectivity index (χ4n) is 16.5. The summed E-state index contributed by atoms with van der Waals surface area (Å²) in [7, 11) is 7.94. The second kappa shape index (κ2) is 44.5. The van der Waals surface area contributed by atoms with Gasteiger partial charge in [0.2, 0.25) is 0 Å². The van der Waals surface area contributed by atoms with Gasteiger partial charge >= 0.3 is 0 Å². The van der Waals surface area contributed by atoms with Crippen molar-refractivity contribution in [2.24, 2.45) is 0 Å². The van der Waals surface area contributed by atoms with Crippen molar-refractivity contribution < 1.29 is 103 Å². The molecule has 4 aliphatic heterocycles. The largest absolute Gasteiger partial charge is 0.510 e. The van der Waals surface area contributed by atoms with Gasteiger partial charge in [-0.25, -0.2) is 38.7 Å². The van der Waals surface area contributed by atoms with E-state index in [0.717, 1.165) is 118 Å². The van der Waals surface area contributed by atoms with Gasteiger partial charge in [0.05, 0.1) is 0 Å². The summed E-state index contributed by atoms with van der Waals surface area (Å²) in [5.74, 6) is 7.81. The van der Waals surface area contributed by atoms with Crippen LogP contribution >= 0.6 is 0 Å². The van der Waals surface area contributed by atoms with E-state index in [9.17, 15) is 0 Å². The van der Waals surface area contributed by atoms with Crippen LogP contribution in [-0.4, -0.2) is 107 Å². The summed E-state index contributed by atoms with van der Waals surface area (Å²) in [6, 6.07) is 98.9. The number of ether oxygens (including phenoxy) is 4. The molecule has 0 aliphatic carbocycles. The van der Waals surface area contributed by atoms with Crippen LogP contribution in [0.2, 0.25) is 0 Å². The predicted molar refractivity (Wildman–Crippen MR) is 553 cm³/mol. The van der Waals surface area contributed by atoms with E-state index in [-0.39, 0.29) is 101 Å². The zero-order chi connectivity index (χ0) is 97.3. The molecule has 24 nitrogen and oxygen atoms in total. The molecule has 744 valence electrons. The minimum Gasteiger partial charge on any atom is -0.510 e. The quantitative estimate of drug-likeness (QED) is 0.0738. The second-order valence-corrected chi connectivity index (χ2v) is 37.7. The smallest absolute Gasteiger partial charge is 0.151 e. The van der Waals surface area contributed by atoms with Gasteiger partial charge in [0.25, 0.3) is 0 Å². The number of hydrogen-bond acceptors (Lipinski definition) is 20. The first kappa shape index (κ1) is 104. The molecule has 0 N–H and O–H groups in total. The van der Waals surface area contributed by atoms with Gasteiger partial charge in [-0.2, -0.15) is 95.6 Å². The summed E-state index contributed by atoms with van der Waals surface area (Å²) in [4.78, 5) is 34.2. The van der Waals surface area contributed by atoms with E-state index in [0.29, 0.717) is 46.0 Å². The zero-order valence-electron chi connectivity index (χ0n) is 82.4. The van der Waals surface area contributed by atoms with Gasteiger partial charge in [-0.05, 0) is 231 Å². The maximum absolute atomic E-state index is 6.31. The molecule has 0 bridgehead atoms. The number of pyridine rings is 4. The van der Waals surface area contributed by atoms with Crippen molar-refractivity contribution in [3.05, 3.63) is 413 Å². The average molecular weight is 2620 g/mol. The molecular weight excluding hydrogens is 2520 g/mol. The minimum absolute atomic E-state index is 0. The molecule has 22 rings (SSSR count). The summed E-state index contributed by atoms with van der Waals surface area (Å²) in [6.07, 6.45) is 24.9. The number of aryl methyl sites for hydroxylation is 4. The van der Waals surface area contributed by atoms with Crippen molar-refractivity contribution in [1.29, 1.82) is 0 Å². The van der Waals surface area contributed by atoms with E-state index in [1.807, 2.05) is 341 Å². The van der Waals surface area contributed by atoms with Crippen molar-refractivity contribution in [3.8, 4) is 91.8 Å². The number of benzene rings is 10. The zero-order valence-corrected chi connectivity index (χ0v) is 91.5. The van der Waals surface area contributed by atoms with Gasteiger partial charge in [-0.3, -0.25) is 0 Å². The summed E-state index contributed by atoms with van der Waals surface area (Å²) < 4.78 is 32.1. The Morgan fingerprint density at radius 3 is 1.01 bits per heavy atom. The molecule has 0 amide bonds. The molecule has 144 heavy (non-hydrogen) atoms. The first-order valence-electron chi connectivity index (χ1n) is 46.1. The first-order chi connectivity index (χ1) is 67.4. The summed E-state index contributed by atoms with van der Waals surface area (Å²) in [5, 5.41) is 23.3. The Bertz CT molecular complexity index is 7730. The van der Waals surface area contributed by atoms with Gasteiger partial charge in [0, 0.05) is 178 Å². The third kappa shape index (κ3) is 23.7. The molecule has 0 saturated carbocycles. The topological polar surface area (TPSA) is 186 Å². The van der Waals surface area contributed by atoms with E-state index >= 15 is 0 Å². The maximum atomic E-state index is 6.31. The van der Waals surface area contributed by atoms with E-state index in [1.165, 1.54) is 33.4 Å². The molecular formula is C116H104N20O4Pt4-12. The predicted octanol–water partition coefficient (Wildman–Crippen LogP) is 25.1. The van der Waals surface area contributed by atoms with Crippen LogP contribution in [0, 0.1) is 103 Å². The number of anilines is 4. The van der Waals surface area contributed by atoms with Crippen LogP contribution in [0.15, 0.2) is 299 Å². The molecule has 0 unspecified atom stereocenters. The molecule has 12 heterocycles. The van der Waals surface area contributed by atoms with Gasteiger partial charge in [-0.1, -0.05) is 138 Å². The van der Waals surface area contributed by atoms with Crippen LogP contribution in [0.25, 0.3) is 89.4 Å². The molecule has 18 aromatic rings. The van der Waals surface area contributed by atoms with Crippen LogP contribution in [0.1, 0.15) is 101 Å². The van der Waals surface area contributed by atoms with Crippen molar-refractivity contribution >= 4 is 66.4 Å². The van der Waals surface area contributed by atoms with Crippen LogP contribution in [0.5, 0.6) is 46.0 Å². The molecule has 0 atom stereocenters. The number of fused-ring (bicyclic) bond motifs is 4. The molecule has 0 saturated heterocycles. The number of nitrogens with zero attached hydrogens (tertiary/aromatic N) is 20. The molecule has 4 aliphatic rings. The Kier molecular flexibility index (Phi) is 32.2. The number of rotatable bonds is 18. The Hall–Kier alpha value is -14.0. The van der Waals surface area contributed by atoms with E-state index in [4.69, 9.17) is 39.2 Å². The van der Waals surface area contributed by atoms with Gasteiger partial charge in [-0.15, -0.1) is 144 Å². The fourth-order valence-corrected chi connectivity index (χ4v) is 16.5. The third-order valence-electron chi connectivity index (χ3n) is 23.7. The summed E-state index contributed by atoms with van der Waals surface area (Å²) >= 11 is 0. The molecule has 28 heteroatoms. The normalized spacial score (nSPS) is 13.2. The van der Waals surface area contributed by atoms with E-state index in [2.05, 4.69) is 212 Å². The van der Waals surface area contributed by atoms with Crippen molar-refractivity contribution in [2.75, 3.05) is 47.8 Å². The Balaban J connectivity index is 0.000000144. The molecule has 0 fully saturated rings. The van der Waals surface area contributed by atoms with E-state index < -0.39 is 0 Å². The van der Waals surface area contributed by atoms with Crippen LogP contribution < -0.4 is 38.5 Å². The second-order valence-electron chi connectivity index (χ2n) is 37.7. The number of aromatic nitrogens is 12. The fraction of sp³-hybridized carbons (Fsp3) is 0.172. The number of hydrogen-bond donors (Lipinski definition) is 0. The van der Waals surface area contributed by atoms with Gasteiger partial charge in [0.15, 0.2) is 23.3 Å². The Labute approximate surface area is 899 Å². The van der Waals surface area contributed by atoms with Crippen LogP contribution in [-0.2, 0) is 101 Å². The van der Waals surface area contributed by atoms with Gasteiger partial charge in [0.1, 0.15) is 0 Å². The maximum Gasteiger partial charge on any atom is 0.151 e. The monoisotopic (exact) mass is 2620 g/mol. The third-order valence-corrected chi connectivity index (χ3v) is 23.7. The molecule has 0 spiro atoms. The van der Waals surface area contributed by atoms with Crippen molar-refractivity contribution in [2.45, 2.75) is 106 Å². The van der Waals surface area contributed by atoms with Crippen molar-refractivity contribution in [3.63, 3.8) is 0 Å². The Morgan fingerprint density at radius 1 is 0.292 bits per heavy atom. The van der Waals surface area contributed by atoms with Crippen LogP contribution in [0.4, 0.5) is 22.7 Å². The summed E-state index contributed by atoms with van der Waals surface area (Å²) in [5.41, 5.74) is 18.9. The molecule has 10 aromatic carbocycles. The molecule has 0 radical (unpaired) electrons. The van der Waals surface area contributed by atoms with Crippen molar-refractivity contribution in [1.82, 2.24) is 78.7 Å². The SMILES string of the molecule is CN1C=CN(c2[c-]c(Oc3[c-]c4c(cc3)c(-c3ccccc3)nn4-c3cc(C(C)(C)C)ccn3)ccc2)[CH-]1.CN1C=CN(c2[c-]c(Oc3[c-]c4c(cc3)cnn4-c3ccccn3)ccc2)[CH-]1.Cc1cc(C)c(-c2nn(-c3cc(C(C)(C)C)ccn3)c3[c-]c(Oc4[c-]c(N5C=CN(C)[CH-]5)ccc4)ccc23)c(C)c1.Cc1nn(-c2cc(C(C)(C)C)ccn2)c2[c-]c(Oc3[c-]c(N4C=CN(C)[CH-]4)ccc3)ccc12.[Pt].[Pt].[Pt].[Pt]. The summed E-state index contributed by atoms with van der Waals surface area (Å²) in [6.45, 7) is 36.1.